The van der Waals surface area contributed by atoms with E-state index in [0.29, 0.717) is 39.5 Å². The number of aromatic nitrogens is 2. The summed E-state index contributed by atoms with van der Waals surface area (Å²) in [6.45, 7) is 9.53. The van der Waals surface area contributed by atoms with Crippen LogP contribution in [0.5, 0.6) is 0 Å². The first-order valence-electron chi connectivity index (χ1n) is 10.5. The summed E-state index contributed by atoms with van der Waals surface area (Å²) < 4.78 is 11.3. The van der Waals surface area contributed by atoms with Crippen molar-refractivity contribution < 1.29 is 9.47 Å². The average Bonchev–Trinajstić information content (AvgIpc) is 2.87. The molecule has 0 aliphatic heterocycles. The highest BCUT2D eigenvalue weighted by molar-refractivity contribution is 5.77. The lowest BCUT2D eigenvalue weighted by atomic mass is 10.1. The number of ether oxygens (including phenoxy) is 2. The topological polar surface area (TPSA) is 69.0 Å². The standard InChI is InChI=1S/C24H26N4O2.C2H4/c1-3-11-27-23(5-1)17-25-13-15-29-19-21-7-9-22(10-8-21)20-30-16-14-26-18-24-6-2-4-12-28-24;1-2/h1-12,17-18H,13-16,19-20H2;1-2H2. The number of hydrogen-bond acceptors (Lipinski definition) is 6. The molecule has 166 valence electrons. The molecule has 0 spiro atoms. The Balaban J connectivity index is 0.00000176. The van der Waals surface area contributed by atoms with Crippen LogP contribution in [0.1, 0.15) is 22.5 Å². The van der Waals surface area contributed by atoms with Gasteiger partial charge in [-0.15, -0.1) is 13.2 Å². The van der Waals surface area contributed by atoms with Crippen LogP contribution in [0.3, 0.4) is 0 Å². The largest absolute Gasteiger partial charge is 0.375 e. The molecule has 3 aromatic rings. The van der Waals surface area contributed by atoms with Crippen LogP contribution < -0.4 is 0 Å². The quantitative estimate of drug-likeness (QED) is 0.240. The van der Waals surface area contributed by atoms with Gasteiger partial charge < -0.3 is 9.47 Å². The van der Waals surface area contributed by atoms with Gasteiger partial charge >= 0.3 is 0 Å². The second kappa shape index (κ2) is 16.2. The molecule has 0 bridgehead atoms. The minimum Gasteiger partial charge on any atom is -0.375 e. The molecule has 0 unspecified atom stereocenters. The molecule has 0 radical (unpaired) electrons. The van der Waals surface area contributed by atoms with Crippen molar-refractivity contribution in [3.63, 3.8) is 0 Å². The predicted molar refractivity (Wildman–Crippen MR) is 130 cm³/mol. The van der Waals surface area contributed by atoms with E-state index in [1.807, 2.05) is 36.4 Å². The fourth-order valence-corrected chi connectivity index (χ4v) is 2.57. The Morgan fingerprint density at radius 1 is 0.656 bits per heavy atom. The van der Waals surface area contributed by atoms with Crippen molar-refractivity contribution >= 4 is 12.4 Å². The van der Waals surface area contributed by atoms with Gasteiger partial charge in [-0.1, -0.05) is 36.4 Å². The van der Waals surface area contributed by atoms with E-state index in [4.69, 9.17) is 9.47 Å². The van der Waals surface area contributed by atoms with E-state index in [9.17, 15) is 0 Å². The summed E-state index contributed by atoms with van der Waals surface area (Å²) in [7, 11) is 0. The lowest BCUT2D eigenvalue weighted by molar-refractivity contribution is 0.126. The van der Waals surface area contributed by atoms with Crippen molar-refractivity contribution in [2.24, 2.45) is 9.98 Å². The molecular formula is C26H30N4O2. The molecule has 0 atom stereocenters. The third-order valence-corrected chi connectivity index (χ3v) is 4.11. The summed E-state index contributed by atoms with van der Waals surface area (Å²) in [6, 6.07) is 19.8. The molecule has 0 N–H and O–H groups in total. The molecule has 0 saturated carbocycles. The maximum Gasteiger partial charge on any atom is 0.0807 e. The Morgan fingerprint density at radius 2 is 1.09 bits per heavy atom. The highest BCUT2D eigenvalue weighted by Gasteiger charge is 1.97. The zero-order valence-electron chi connectivity index (χ0n) is 18.3. The fourth-order valence-electron chi connectivity index (χ4n) is 2.57. The summed E-state index contributed by atoms with van der Waals surface area (Å²) in [4.78, 5) is 17.0. The minimum absolute atomic E-state index is 0.572. The number of rotatable bonds is 12. The number of aliphatic imine (C=N–C) groups is 2. The first-order valence-corrected chi connectivity index (χ1v) is 10.5. The van der Waals surface area contributed by atoms with Gasteiger partial charge in [0.1, 0.15) is 0 Å². The maximum atomic E-state index is 5.67. The highest BCUT2D eigenvalue weighted by atomic mass is 16.5. The minimum atomic E-state index is 0.572. The van der Waals surface area contributed by atoms with Crippen LogP contribution in [0.2, 0.25) is 0 Å². The molecule has 1 aromatic carbocycles. The van der Waals surface area contributed by atoms with Crippen LogP contribution in [0.4, 0.5) is 0 Å². The summed E-state index contributed by atoms with van der Waals surface area (Å²) in [5, 5.41) is 0. The summed E-state index contributed by atoms with van der Waals surface area (Å²) in [5.74, 6) is 0. The first-order chi connectivity index (χ1) is 15.9. The smallest absolute Gasteiger partial charge is 0.0807 e. The third-order valence-electron chi connectivity index (χ3n) is 4.11. The summed E-state index contributed by atoms with van der Waals surface area (Å²) >= 11 is 0. The molecule has 0 aliphatic rings. The van der Waals surface area contributed by atoms with Crippen LogP contribution >= 0.6 is 0 Å². The van der Waals surface area contributed by atoms with Gasteiger partial charge in [0.15, 0.2) is 0 Å². The van der Waals surface area contributed by atoms with Crippen molar-refractivity contribution in [3.8, 4) is 0 Å². The third kappa shape index (κ3) is 10.5. The molecule has 6 nitrogen and oxygen atoms in total. The number of benzene rings is 1. The van der Waals surface area contributed by atoms with E-state index >= 15 is 0 Å². The predicted octanol–water partition coefficient (Wildman–Crippen LogP) is 4.55. The fraction of sp³-hybridized carbons (Fsp3) is 0.231. The van der Waals surface area contributed by atoms with Gasteiger partial charge in [0, 0.05) is 24.8 Å². The molecule has 32 heavy (non-hydrogen) atoms. The van der Waals surface area contributed by atoms with E-state index in [0.717, 1.165) is 22.5 Å². The summed E-state index contributed by atoms with van der Waals surface area (Å²) in [6.07, 6.45) is 7.04. The van der Waals surface area contributed by atoms with Crippen LogP contribution in [0.25, 0.3) is 0 Å². The van der Waals surface area contributed by atoms with E-state index in [1.165, 1.54) is 0 Å². The van der Waals surface area contributed by atoms with Crippen LogP contribution in [0.15, 0.2) is 96.2 Å². The molecule has 6 heteroatoms. The molecule has 0 saturated heterocycles. The van der Waals surface area contributed by atoms with Gasteiger partial charge in [-0.25, -0.2) is 0 Å². The summed E-state index contributed by atoms with van der Waals surface area (Å²) in [5.41, 5.74) is 3.98. The first kappa shape index (κ1) is 24.8. The van der Waals surface area contributed by atoms with E-state index in [-0.39, 0.29) is 0 Å². The van der Waals surface area contributed by atoms with Gasteiger partial charge in [0.2, 0.25) is 0 Å². The Hall–Kier alpha value is -3.48. The van der Waals surface area contributed by atoms with Gasteiger partial charge in [0.05, 0.1) is 50.9 Å². The SMILES string of the molecule is C(=NCCOCc1ccc(COCCN=Cc2ccccn2)cc1)c1ccccn1.C=C. The van der Waals surface area contributed by atoms with E-state index < -0.39 is 0 Å². The van der Waals surface area contributed by atoms with Gasteiger partial charge in [0.25, 0.3) is 0 Å². The van der Waals surface area contributed by atoms with Crippen molar-refractivity contribution in [1.82, 2.24) is 9.97 Å². The van der Waals surface area contributed by atoms with Crippen molar-refractivity contribution in [3.05, 3.63) is 109 Å². The van der Waals surface area contributed by atoms with Crippen LogP contribution in [-0.2, 0) is 22.7 Å². The zero-order valence-corrected chi connectivity index (χ0v) is 18.3. The van der Waals surface area contributed by atoms with E-state index in [2.05, 4.69) is 57.4 Å². The Kier molecular flexibility index (Phi) is 12.6. The molecule has 0 aliphatic carbocycles. The normalized spacial score (nSPS) is 10.9. The number of nitrogens with zero attached hydrogens (tertiary/aromatic N) is 4. The van der Waals surface area contributed by atoms with Gasteiger partial charge in [-0.05, 0) is 35.4 Å². The van der Waals surface area contributed by atoms with Gasteiger partial charge in [-0.2, -0.15) is 0 Å². The van der Waals surface area contributed by atoms with Crippen molar-refractivity contribution in [2.45, 2.75) is 13.2 Å². The van der Waals surface area contributed by atoms with Crippen LogP contribution in [0, 0.1) is 0 Å². The molecule has 2 heterocycles. The Labute approximate surface area is 190 Å². The molecule has 2 aromatic heterocycles. The van der Waals surface area contributed by atoms with Crippen molar-refractivity contribution in [2.75, 3.05) is 26.3 Å². The Bertz CT molecular complexity index is 837. The molecule has 0 fully saturated rings. The Morgan fingerprint density at radius 3 is 1.47 bits per heavy atom. The second-order valence-electron chi connectivity index (χ2n) is 6.50. The molecule has 3 rings (SSSR count). The average molecular weight is 431 g/mol. The maximum absolute atomic E-state index is 5.67. The monoisotopic (exact) mass is 430 g/mol. The van der Waals surface area contributed by atoms with E-state index in [1.54, 1.807) is 24.8 Å². The number of pyridine rings is 2. The van der Waals surface area contributed by atoms with Crippen molar-refractivity contribution in [1.29, 1.82) is 0 Å². The van der Waals surface area contributed by atoms with Crippen LogP contribution in [-0.4, -0.2) is 48.7 Å². The van der Waals surface area contributed by atoms with Gasteiger partial charge in [-0.3, -0.25) is 20.0 Å². The number of hydrogen-bond donors (Lipinski definition) is 0. The lowest BCUT2D eigenvalue weighted by Gasteiger charge is -2.06. The molecule has 0 amide bonds. The molecular weight excluding hydrogens is 400 g/mol. The second-order valence-corrected chi connectivity index (χ2v) is 6.50. The lowest BCUT2D eigenvalue weighted by Crippen LogP contribution is -2.01. The highest BCUT2D eigenvalue weighted by Crippen LogP contribution is 2.07. The zero-order chi connectivity index (χ0) is 22.7.